The summed E-state index contributed by atoms with van der Waals surface area (Å²) in [5.74, 6) is -1.67. The summed E-state index contributed by atoms with van der Waals surface area (Å²) >= 11 is 0. The van der Waals surface area contributed by atoms with Crippen molar-refractivity contribution in [2.24, 2.45) is 33.5 Å². The van der Waals surface area contributed by atoms with Gasteiger partial charge in [-0.1, -0.05) is 80.6 Å². The maximum Gasteiger partial charge on any atom is 0.227 e. The van der Waals surface area contributed by atoms with Crippen molar-refractivity contribution in [3.8, 4) is 11.5 Å². The van der Waals surface area contributed by atoms with E-state index in [4.69, 9.17) is 9.47 Å². The molecule has 308 valence electrons. The second kappa shape index (κ2) is 14.1. The zero-order chi connectivity index (χ0) is 41.5. The second-order valence-electron chi connectivity index (χ2n) is 18.5. The third-order valence-corrected chi connectivity index (χ3v) is 16.0. The van der Waals surface area contributed by atoms with Crippen LogP contribution in [-0.4, -0.2) is 59.3 Å². The number of rotatable bonds is 10. The van der Waals surface area contributed by atoms with Crippen LogP contribution in [0.2, 0.25) is 0 Å². The van der Waals surface area contributed by atoms with Crippen LogP contribution in [0.3, 0.4) is 0 Å². The number of fused-ring (bicyclic) bond motifs is 2. The molecule has 3 saturated carbocycles. The topological polar surface area (TPSA) is 96.3 Å². The molecular formula is C50H53F2NO6. The van der Waals surface area contributed by atoms with Crippen LogP contribution in [0, 0.1) is 45.1 Å². The van der Waals surface area contributed by atoms with Gasteiger partial charge in [-0.05, 0) is 114 Å². The number of nitrogens with zero attached hydrogens (tertiary/aromatic N) is 1. The largest absolute Gasteiger partial charge is 0.493 e. The van der Waals surface area contributed by atoms with Crippen LogP contribution in [-0.2, 0) is 17.8 Å². The number of ether oxygens (including phenoxy) is 2. The Labute approximate surface area is 344 Å². The molecular weight excluding hydrogens is 749 g/mol. The van der Waals surface area contributed by atoms with Gasteiger partial charge in [-0.25, -0.2) is 8.78 Å². The quantitative estimate of drug-likeness (QED) is 0.123. The number of methoxy groups -OCH3 is 2. The van der Waals surface area contributed by atoms with Gasteiger partial charge in [-0.2, -0.15) is 0 Å². The molecule has 2 N–H and O–H groups in total. The summed E-state index contributed by atoms with van der Waals surface area (Å²) in [7, 11) is 3.14. The summed E-state index contributed by atoms with van der Waals surface area (Å²) in [6.07, 6.45) is 10.4. The number of aliphatic hydroxyl groups is 2. The molecule has 0 aliphatic heterocycles. The fraction of sp³-hybridized carbons (Fsp3) is 0.440. The zero-order valence-corrected chi connectivity index (χ0v) is 34.3. The molecule has 8 atom stereocenters. The SMILES string of the molecule is COc1ccc(CC(=O)N(Cc2cccc3ccccc23)C[C@]2(O)CC[C@H]3[C@]45C=C[C@@]6(C=C4C(=O)c4ccc(F)c(F)c4)CC(O)CC[C@]6(C)[C@H]5CC[C@@]32C)cc1OC. The summed E-state index contributed by atoms with van der Waals surface area (Å²) in [5.41, 5.74) is -1.33. The third kappa shape index (κ3) is 5.85. The average Bonchev–Trinajstić information content (AvgIpc) is 3.50. The first-order valence-electron chi connectivity index (χ1n) is 21.0. The number of hydrogen-bond donors (Lipinski definition) is 2. The molecule has 9 heteroatoms. The van der Waals surface area contributed by atoms with Gasteiger partial charge in [-0.15, -0.1) is 0 Å². The number of halogens is 2. The lowest BCUT2D eigenvalue weighted by molar-refractivity contribution is -0.178. The molecule has 6 aliphatic rings. The molecule has 2 bridgehead atoms. The minimum atomic E-state index is -1.32. The van der Waals surface area contributed by atoms with Crippen LogP contribution in [0.15, 0.2) is 103 Å². The van der Waals surface area contributed by atoms with Gasteiger partial charge in [0.1, 0.15) is 0 Å². The van der Waals surface area contributed by atoms with Gasteiger partial charge in [0, 0.05) is 33.9 Å². The van der Waals surface area contributed by atoms with Crippen molar-refractivity contribution in [1.82, 2.24) is 4.90 Å². The van der Waals surface area contributed by atoms with Crippen molar-refractivity contribution >= 4 is 22.5 Å². The molecule has 4 aromatic rings. The Hall–Kier alpha value is -4.86. The van der Waals surface area contributed by atoms with Crippen molar-refractivity contribution < 1.29 is 38.1 Å². The van der Waals surface area contributed by atoms with Gasteiger partial charge in [0.2, 0.25) is 5.91 Å². The van der Waals surface area contributed by atoms with Crippen LogP contribution in [0.1, 0.15) is 80.3 Å². The standard InChI is InChI=1S/C50H53F2NO6/c1-46-19-16-35(54)27-48(46)22-23-50(37(28-48)45(56)33-13-14-38(51)39(52)26-33)42(46)17-20-47(2)43(50)18-21-49(47,57)30-53(29-34-10-7-9-32-8-5-6-11-36(32)34)44(55)25-31-12-15-40(58-3)41(24-31)59-4/h5-15,22-24,26,28,35,42-43,54,57H,16-21,25,27,29-30H2,1-4H3/t35?,42-,43-,46-,47+,48+,49-,50-/m1/s1. The van der Waals surface area contributed by atoms with E-state index in [9.17, 15) is 28.6 Å². The van der Waals surface area contributed by atoms with Crippen molar-refractivity contribution in [1.29, 1.82) is 0 Å². The Kier molecular flexibility index (Phi) is 9.48. The van der Waals surface area contributed by atoms with Crippen LogP contribution < -0.4 is 9.47 Å². The predicted molar refractivity (Wildman–Crippen MR) is 222 cm³/mol. The highest BCUT2D eigenvalue weighted by Crippen LogP contribution is 2.78. The van der Waals surface area contributed by atoms with Gasteiger partial charge < -0.3 is 24.6 Å². The monoisotopic (exact) mass is 801 g/mol. The molecule has 2 spiro atoms. The van der Waals surface area contributed by atoms with Crippen molar-refractivity contribution in [3.63, 3.8) is 0 Å². The highest BCUT2D eigenvalue weighted by Gasteiger charge is 2.74. The first kappa shape index (κ1) is 39.6. The Morgan fingerprint density at radius 1 is 0.814 bits per heavy atom. The summed E-state index contributed by atoms with van der Waals surface area (Å²) in [6, 6.07) is 23.0. The van der Waals surface area contributed by atoms with E-state index in [2.05, 4.69) is 50.3 Å². The fourth-order valence-corrected chi connectivity index (χ4v) is 12.9. The van der Waals surface area contributed by atoms with E-state index in [1.54, 1.807) is 20.3 Å². The molecule has 1 unspecified atom stereocenters. The van der Waals surface area contributed by atoms with Gasteiger partial charge in [0.15, 0.2) is 28.9 Å². The zero-order valence-electron chi connectivity index (χ0n) is 34.3. The maximum absolute atomic E-state index is 14.9. The predicted octanol–water partition coefficient (Wildman–Crippen LogP) is 9.18. The Morgan fingerprint density at radius 2 is 1.54 bits per heavy atom. The number of ketones is 1. The summed E-state index contributed by atoms with van der Waals surface area (Å²) in [6.45, 7) is 4.82. The molecule has 0 saturated heterocycles. The van der Waals surface area contributed by atoms with Gasteiger partial charge in [-0.3, -0.25) is 9.59 Å². The van der Waals surface area contributed by atoms with E-state index in [1.165, 1.54) is 6.07 Å². The summed E-state index contributed by atoms with van der Waals surface area (Å²) < 4.78 is 40.0. The number of carbonyl (C=O) groups is 2. The minimum Gasteiger partial charge on any atom is -0.493 e. The van der Waals surface area contributed by atoms with E-state index < -0.39 is 39.6 Å². The molecule has 3 fully saturated rings. The number of hydrogen-bond acceptors (Lipinski definition) is 6. The summed E-state index contributed by atoms with van der Waals surface area (Å²) in [4.78, 5) is 31.4. The van der Waals surface area contributed by atoms with Crippen molar-refractivity contribution in [2.45, 2.75) is 83.5 Å². The number of Topliss-reactive ketones (excluding diaryl/α,β-unsaturated/α-hetero) is 1. The smallest absolute Gasteiger partial charge is 0.227 e. The molecule has 0 radical (unpaired) electrons. The second-order valence-corrected chi connectivity index (χ2v) is 18.5. The normalized spacial score (nSPS) is 32.8. The molecule has 1 amide bonds. The maximum atomic E-state index is 14.9. The first-order chi connectivity index (χ1) is 28.2. The van der Waals surface area contributed by atoms with Crippen molar-refractivity contribution in [2.75, 3.05) is 20.8 Å². The number of aliphatic hydroxyl groups excluding tert-OH is 1. The average molecular weight is 802 g/mol. The number of amides is 1. The van der Waals surface area contributed by atoms with Gasteiger partial charge >= 0.3 is 0 Å². The Morgan fingerprint density at radius 3 is 2.32 bits per heavy atom. The highest BCUT2D eigenvalue weighted by atomic mass is 19.2. The summed E-state index contributed by atoms with van der Waals surface area (Å²) in [5, 5.41) is 26.5. The minimum absolute atomic E-state index is 0.0145. The number of carbonyl (C=O) groups excluding carboxylic acids is 2. The van der Waals surface area contributed by atoms with Crippen molar-refractivity contribution in [3.05, 3.63) is 131 Å². The fourth-order valence-electron chi connectivity index (χ4n) is 12.9. The van der Waals surface area contributed by atoms with Crippen LogP contribution in [0.5, 0.6) is 11.5 Å². The molecule has 6 aliphatic carbocycles. The van der Waals surface area contributed by atoms with E-state index in [0.717, 1.165) is 46.9 Å². The van der Waals surface area contributed by atoms with E-state index in [-0.39, 0.29) is 54.0 Å². The number of allylic oxidation sites excluding steroid dienone is 4. The van der Waals surface area contributed by atoms with Gasteiger partial charge in [0.25, 0.3) is 0 Å². The first-order valence-corrected chi connectivity index (χ1v) is 21.0. The van der Waals surface area contributed by atoms with Crippen LogP contribution in [0.4, 0.5) is 8.78 Å². The highest BCUT2D eigenvalue weighted by molar-refractivity contribution is 6.10. The van der Waals surface area contributed by atoms with E-state index >= 15 is 0 Å². The van der Waals surface area contributed by atoms with Crippen LogP contribution >= 0.6 is 0 Å². The molecule has 4 aromatic carbocycles. The van der Waals surface area contributed by atoms with Gasteiger partial charge in [0.05, 0.1) is 38.9 Å². The molecule has 10 rings (SSSR count). The molecule has 7 nitrogen and oxygen atoms in total. The molecule has 0 heterocycles. The lowest BCUT2D eigenvalue weighted by atomic mass is 9.32. The molecule has 59 heavy (non-hydrogen) atoms. The van der Waals surface area contributed by atoms with E-state index in [1.807, 2.05) is 41.3 Å². The Bertz CT molecular complexity index is 2420. The third-order valence-electron chi connectivity index (χ3n) is 16.0. The van der Waals surface area contributed by atoms with E-state index in [0.29, 0.717) is 49.2 Å². The lowest BCUT2D eigenvalue weighted by Crippen LogP contribution is -2.67. The Balaban J connectivity index is 1.12. The number of benzene rings is 4. The van der Waals surface area contributed by atoms with Crippen LogP contribution in [0.25, 0.3) is 10.8 Å². The lowest BCUT2D eigenvalue weighted by Gasteiger charge is -2.71. The molecule has 0 aromatic heterocycles.